The predicted octanol–water partition coefficient (Wildman–Crippen LogP) is 4.21. The topological polar surface area (TPSA) is 9.23 Å². The molecule has 0 saturated carbocycles. The maximum absolute atomic E-state index is 6.03. The molecule has 0 bridgehead atoms. The molecule has 0 radical (unpaired) electrons. The van der Waals surface area contributed by atoms with Crippen molar-refractivity contribution in [2.75, 3.05) is 18.6 Å². The highest BCUT2D eigenvalue weighted by molar-refractivity contribution is 7.98. The van der Waals surface area contributed by atoms with Crippen LogP contribution in [0.5, 0.6) is 5.75 Å². The van der Waals surface area contributed by atoms with E-state index in [0.717, 1.165) is 23.5 Å². The van der Waals surface area contributed by atoms with Crippen LogP contribution in [0.15, 0.2) is 18.2 Å². The number of halogens is 2. The lowest BCUT2D eigenvalue weighted by molar-refractivity contribution is 0.319. The van der Waals surface area contributed by atoms with E-state index in [1.54, 1.807) is 0 Å². The first-order valence-corrected chi connectivity index (χ1v) is 7.04. The smallest absolute Gasteiger partial charge is 0.137 e. The Hall–Kier alpha value is -0.0500. The van der Waals surface area contributed by atoms with Crippen LogP contribution in [0.3, 0.4) is 0 Å². The summed E-state index contributed by atoms with van der Waals surface area (Å²) in [6.07, 6.45) is 3.12. The Morgan fingerprint density at radius 1 is 1.40 bits per heavy atom. The lowest BCUT2D eigenvalue weighted by Crippen LogP contribution is -1.99. The summed E-state index contributed by atoms with van der Waals surface area (Å²) in [6, 6.07) is 5.65. The second-order valence-corrected chi connectivity index (χ2v) is 4.75. The molecule has 1 rings (SSSR count). The van der Waals surface area contributed by atoms with Gasteiger partial charge in [0.15, 0.2) is 0 Å². The van der Waals surface area contributed by atoms with Gasteiger partial charge in [-0.05, 0) is 36.1 Å². The van der Waals surface area contributed by atoms with E-state index in [0.29, 0.717) is 17.5 Å². The van der Waals surface area contributed by atoms with Crippen molar-refractivity contribution >= 4 is 35.0 Å². The van der Waals surface area contributed by atoms with Crippen molar-refractivity contribution in [2.24, 2.45) is 0 Å². The van der Waals surface area contributed by atoms with Crippen molar-refractivity contribution in [1.29, 1.82) is 0 Å². The van der Waals surface area contributed by atoms with Crippen LogP contribution < -0.4 is 4.74 Å². The molecule has 0 aromatic heterocycles. The van der Waals surface area contributed by atoms with Crippen LogP contribution in [-0.2, 0) is 5.88 Å². The summed E-state index contributed by atoms with van der Waals surface area (Å²) in [5.41, 5.74) is 1.01. The Labute approximate surface area is 105 Å². The molecule has 0 amide bonds. The summed E-state index contributed by atoms with van der Waals surface area (Å²) in [4.78, 5) is 0. The molecule has 1 aromatic rings. The summed E-state index contributed by atoms with van der Waals surface area (Å²) < 4.78 is 5.55. The predicted molar refractivity (Wildman–Crippen MR) is 69.5 cm³/mol. The highest BCUT2D eigenvalue weighted by Gasteiger charge is 2.02. The third-order valence-electron chi connectivity index (χ3n) is 1.90. The average Bonchev–Trinajstić information content (AvgIpc) is 2.26. The summed E-state index contributed by atoms with van der Waals surface area (Å²) >= 11 is 13.5. The first-order chi connectivity index (χ1) is 7.27. The third-order valence-corrected chi connectivity index (χ3v) is 3.20. The van der Waals surface area contributed by atoms with E-state index in [4.69, 9.17) is 27.9 Å². The highest BCUT2D eigenvalue weighted by Crippen LogP contribution is 2.26. The molecule has 0 heterocycles. The molecule has 0 fully saturated rings. The number of thioether (sulfide) groups is 1. The largest absolute Gasteiger partial charge is 0.492 e. The zero-order valence-corrected chi connectivity index (χ0v) is 11.0. The van der Waals surface area contributed by atoms with Crippen LogP contribution in [0.2, 0.25) is 5.02 Å². The van der Waals surface area contributed by atoms with E-state index in [9.17, 15) is 0 Å². The number of ether oxygens (including phenoxy) is 1. The first-order valence-electron chi connectivity index (χ1n) is 4.74. The Morgan fingerprint density at radius 2 is 2.20 bits per heavy atom. The molecular weight excluding hydrogens is 251 g/mol. The van der Waals surface area contributed by atoms with Crippen LogP contribution in [0.1, 0.15) is 12.0 Å². The zero-order valence-electron chi connectivity index (χ0n) is 8.63. The second kappa shape index (κ2) is 7.26. The SMILES string of the molecule is CSCCCOc1ccc(CCl)cc1Cl. The summed E-state index contributed by atoms with van der Waals surface area (Å²) in [5.74, 6) is 2.33. The molecular formula is C11H14Cl2OS. The minimum absolute atomic E-state index is 0.479. The van der Waals surface area contributed by atoms with Gasteiger partial charge in [-0.25, -0.2) is 0 Å². The van der Waals surface area contributed by atoms with E-state index in [2.05, 4.69) is 6.26 Å². The third kappa shape index (κ3) is 4.54. The van der Waals surface area contributed by atoms with E-state index < -0.39 is 0 Å². The summed E-state index contributed by atoms with van der Waals surface area (Å²) in [6.45, 7) is 0.709. The minimum atomic E-state index is 0.479. The quantitative estimate of drug-likeness (QED) is 0.563. The highest BCUT2D eigenvalue weighted by atomic mass is 35.5. The van der Waals surface area contributed by atoms with Crippen LogP contribution >= 0.6 is 35.0 Å². The van der Waals surface area contributed by atoms with Crippen molar-refractivity contribution in [2.45, 2.75) is 12.3 Å². The van der Waals surface area contributed by atoms with Gasteiger partial charge in [-0.2, -0.15) is 11.8 Å². The lowest BCUT2D eigenvalue weighted by Gasteiger charge is -2.08. The normalized spacial score (nSPS) is 10.3. The first kappa shape index (κ1) is 13.0. The Balaban J connectivity index is 2.47. The van der Waals surface area contributed by atoms with Gasteiger partial charge in [0.25, 0.3) is 0 Å². The van der Waals surface area contributed by atoms with Crippen LogP contribution in [0.25, 0.3) is 0 Å². The molecule has 0 aliphatic carbocycles. The summed E-state index contributed by atoms with van der Waals surface area (Å²) in [5, 5.41) is 0.636. The van der Waals surface area contributed by atoms with Gasteiger partial charge >= 0.3 is 0 Å². The molecule has 0 N–H and O–H groups in total. The van der Waals surface area contributed by atoms with E-state index >= 15 is 0 Å². The van der Waals surface area contributed by atoms with Crippen LogP contribution in [0, 0.1) is 0 Å². The van der Waals surface area contributed by atoms with Crippen LogP contribution in [-0.4, -0.2) is 18.6 Å². The molecule has 0 saturated heterocycles. The van der Waals surface area contributed by atoms with Gasteiger partial charge in [0.2, 0.25) is 0 Å². The molecule has 1 nitrogen and oxygen atoms in total. The van der Waals surface area contributed by atoms with Crippen molar-refractivity contribution in [3.63, 3.8) is 0 Å². The van der Waals surface area contributed by atoms with Gasteiger partial charge in [-0.1, -0.05) is 17.7 Å². The fourth-order valence-corrected chi connectivity index (χ4v) is 1.96. The molecule has 0 aliphatic rings. The Bertz CT molecular complexity index is 305. The average molecular weight is 265 g/mol. The molecule has 0 aliphatic heterocycles. The van der Waals surface area contributed by atoms with Crippen molar-refractivity contribution in [3.8, 4) is 5.75 Å². The second-order valence-electron chi connectivity index (χ2n) is 3.09. The van der Waals surface area contributed by atoms with Gasteiger partial charge in [0, 0.05) is 5.88 Å². The monoisotopic (exact) mass is 264 g/mol. The van der Waals surface area contributed by atoms with Crippen LogP contribution in [0.4, 0.5) is 0 Å². The van der Waals surface area contributed by atoms with Crippen molar-refractivity contribution in [1.82, 2.24) is 0 Å². The number of alkyl halides is 1. The number of hydrogen-bond donors (Lipinski definition) is 0. The maximum atomic E-state index is 6.03. The molecule has 0 atom stereocenters. The number of rotatable bonds is 6. The number of hydrogen-bond acceptors (Lipinski definition) is 2. The molecule has 1 aromatic carbocycles. The molecule has 84 valence electrons. The maximum Gasteiger partial charge on any atom is 0.137 e. The molecule has 0 unspecified atom stereocenters. The van der Waals surface area contributed by atoms with Gasteiger partial charge < -0.3 is 4.74 Å². The fourth-order valence-electron chi connectivity index (χ4n) is 1.13. The minimum Gasteiger partial charge on any atom is -0.492 e. The fraction of sp³-hybridized carbons (Fsp3) is 0.455. The van der Waals surface area contributed by atoms with Gasteiger partial charge in [-0.15, -0.1) is 11.6 Å². The number of benzene rings is 1. The van der Waals surface area contributed by atoms with Crippen molar-refractivity contribution in [3.05, 3.63) is 28.8 Å². The Kier molecular flexibility index (Phi) is 6.30. The molecule has 4 heteroatoms. The van der Waals surface area contributed by atoms with Gasteiger partial charge in [0.05, 0.1) is 11.6 Å². The Morgan fingerprint density at radius 3 is 2.80 bits per heavy atom. The van der Waals surface area contributed by atoms with Gasteiger partial charge in [0.1, 0.15) is 5.75 Å². The molecule has 0 spiro atoms. The standard InChI is InChI=1S/C11H14Cl2OS/c1-15-6-2-5-14-11-4-3-9(8-12)7-10(11)13/h3-4,7H,2,5-6,8H2,1H3. The van der Waals surface area contributed by atoms with E-state index in [1.807, 2.05) is 30.0 Å². The summed E-state index contributed by atoms with van der Waals surface area (Å²) in [7, 11) is 0. The zero-order chi connectivity index (χ0) is 11.1. The van der Waals surface area contributed by atoms with Gasteiger partial charge in [-0.3, -0.25) is 0 Å². The van der Waals surface area contributed by atoms with E-state index in [-0.39, 0.29) is 0 Å². The van der Waals surface area contributed by atoms with Crippen molar-refractivity contribution < 1.29 is 4.74 Å². The van der Waals surface area contributed by atoms with E-state index in [1.165, 1.54) is 0 Å². The molecule has 15 heavy (non-hydrogen) atoms. The lowest BCUT2D eigenvalue weighted by atomic mass is 10.2.